The van der Waals surface area contributed by atoms with E-state index in [1.807, 2.05) is 42.6 Å². The topological polar surface area (TPSA) is 83.9 Å². The van der Waals surface area contributed by atoms with Crippen molar-refractivity contribution in [1.82, 2.24) is 15.2 Å². The number of ether oxygens (including phenoxy) is 2. The number of aromatic nitrogens is 1. The van der Waals surface area contributed by atoms with Gasteiger partial charge < -0.3 is 24.8 Å². The van der Waals surface area contributed by atoms with Gasteiger partial charge in [0.05, 0.1) is 13.0 Å². The summed E-state index contributed by atoms with van der Waals surface area (Å²) < 4.78 is 10.6. The molecule has 0 radical (unpaired) electrons. The number of nitrogens with one attached hydrogen (secondary N) is 1. The van der Waals surface area contributed by atoms with Crippen LogP contribution in [0.25, 0.3) is 0 Å². The Morgan fingerprint density at radius 2 is 2.00 bits per heavy atom. The Morgan fingerprint density at radius 3 is 2.73 bits per heavy atom. The second-order valence-corrected chi connectivity index (χ2v) is 7.68. The Morgan fingerprint density at radius 1 is 1.23 bits per heavy atom. The fourth-order valence-electron chi connectivity index (χ4n) is 3.66. The summed E-state index contributed by atoms with van der Waals surface area (Å²) in [5, 5.41) is 13.7. The van der Waals surface area contributed by atoms with Gasteiger partial charge in [-0.05, 0) is 55.3 Å². The molecule has 1 aromatic heterocycles. The van der Waals surface area contributed by atoms with Gasteiger partial charge in [0, 0.05) is 32.0 Å². The predicted molar refractivity (Wildman–Crippen MR) is 114 cm³/mol. The molecular formula is C23H31N3O4. The van der Waals surface area contributed by atoms with Gasteiger partial charge in [-0.2, -0.15) is 0 Å². The average Bonchev–Trinajstić information content (AvgIpc) is 2.79. The molecule has 3 rings (SSSR count). The number of benzene rings is 1. The average molecular weight is 414 g/mol. The lowest BCUT2D eigenvalue weighted by molar-refractivity contribution is -0.147. The van der Waals surface area contributed by atoms with Gasteiger partial charge in [0.2, 0.25) is 0 Å². The van der Waals surface area contributed by atoms with Crippen molar-refractivity contribution in [3.05, 3.63) is 59.9 Å². The lowest BCUT2D eigenvalue weighted by Crippen LogP contribution is -2.42. The number of esters is 1. The van der Waals surface area contributed by atoms with Crippen molar-refractivity contribution in [3.8, 4) is 5.75 Å². The van der Waals surface area contributed by atoms with Gasteiger partial charge in [-0.25, -0.2) is 0 Å². The number of carbonyl (C=O) groups is 1. The third-order valence-corrected chi connectivity index (χ3v) is 5.31. The summed E-state index contributed by atoms with van der Waals surface area (Å²) >= 11 is 0. The Balaban J connectivity index is 1.37. The molecule has 0 saturated carbocycles. The monoisotopic (exact) mass is 413 g/mol. The molecule has 2 aromatic rings. The number of piperidine rings is 1. The molecule has 7 nitrogen and oxygen atoms in total. The van der Waals surface area contributed by atoms with E-state index in [1.165, 1.54) is 7.11 Å². The van der Waals surface area contributed by atoms with E-state index in [0.717, 1.165) is 55.9 Å². The molecule has 0 bridgehead atoms. The minimum absolute atomic E-state index is 0.0193. The number of nitrogens with zero attached hydrogens (tertiary/aromatic N) is 2. The van der Waals surface area contributed by atoms with Crippen LogP contribution in [-0.4, -0.2) is 60.4 Å². The summed E-state index contributed by atoms with van der Waals surface area (Å²) in [4.78, 5) is 17.9. The Kier molecular flexibility index (Phi) is 8.62. The zero-order valence-corrected chi connectivity index (χ0v) is 17.5. The summed E-state index contributed by atoms with van der Waals surface area (Å²) in [6.07, 6.45) is 4.59. The number of hydrogen-bond donors (Lipinski definition) is 2. The maximum Gasteiger partial charge on any atom is 0.308 e. The van der Waals surface area contributed by atoms with Gasteiger partial charge >= 0.3 is 5.97 Å². The molecular weight excluding hydrogens is 382 g/mol. The van der Waals surface area contributed by atoms with Crippen LogP contribution in [0.5, 0.6) is 5.75 Å². The second-order valence-electron chi connectivity index (χ2n) is 7.68. The summed E-state index contributed by atoms with van der Waals surface area (Å²) in [5.41, 5.74) is 2.26. The molecule has 0 amide bonds. The van der Waals surface area contributed by atoms with Crippen LogP contribution in [0.1, 0.15) is 24.0 Å². The maximum absolute atomic E-state index is 11.6. The lowest BCUT2D eigenvalue weighted by atomic mass is 9.97. The molecule has 162 valence electrons. The van der Waals surface area contributed by atoms with Gasteiger partial charge in [0.1, 0.15) is 18.5 Å². The molecule has 1 aromatic carbocycles. The standard InChI is InChI=1S/C23H31N3O4/c1-29-23(28)20-7-10-26(11-8-20)16-21(27)17-30-22-6-2-4-18(12-22)13-25-15-19-5-3-9-24-14-19/h2-6,9,12,14,20-21,25,27H,7-8,10-11,13,15-17H2,1H3. The molecule has 1 atom stereocenters. The van der Waals surface area contributed by atoms with Gasteiger partial charge in [-0.15, -0.1) is 0 Å². The van der Waals surface area contributed by atoms with Gasteiger partial charge in [0.15, 0.2) is 0 Å². The van der Waals surface area contributed by atoms with Crippen LogP contribution >= 0.6 is 0 Å². The van der Waals surface area contributed by atoms with Crippen LogP contribution in [0.15, 0.2) is 48.8 Å². The first-order valence-corrected chi connectivity index (χ1v) is 10.4. The van der Waals surface area contributed by atoms with E-state index in [4.69, 9.17) is 9.47 Å². The lowest BCUT2D eigenvalue weighted by Gasteiger charge is -2.31. The Hall–Kier alpha value is -2.48. The minimum atomic E-state index is -0.577. The molecule has 1 aliphatic heterocycles. The number of methoxy groups -OCH3 is 1. The highest BCUT2D eigenvalue weighted by Gasteiger charge is 2.26. The normalized spacial score (nSPS) is 16.2. The fourth-order valence-corrected chi connectivity index (χ4v) is 3.66. The SMILES string of the molecule is COC(=O)C1CCN(CC(O)COc2cccc(CNCc3cccnc3)c2)CC1. The number of pyridine rings is 1. The molecule has 2 heterocycles. The molecule has 7 heteroatoms. The zero-order valence-electron chi connectivity index (χ0n) is 17.5. The van der Waals surface area contributed by atoms with Crippen LogP contribution in [0.2, 0.25) is 0 Å². The highest BCUT2D eigenvalue weighted by molar-refractivity contribution is 5.72. The number of likely N-dealkylation sites (tertiary alicyclic amines) is 1. The van der Waals surface area contributed by atoms with Gasteiger partial charge in [0.25, 0.3) is 0 Å². The number of rotatable bonds is 10. The molecule has 2 N–H and O–H groups in total. The molecule has 1 fully saturated rings. The number of aliphatic hydroxyl groups is 1. The number of β-amino-alcohol motifs (C(OH)–C–C–N with tert-alkyl or cyclic N) is 1. The smallest absolute Gasteiger partial charge is 0.308 e. The predicted octanol–water partition coefficient (Wildman–Crippen LogP) is 2.00. The molecule has 1 aliphatic rings. The molecule has 0 aliphatic carbocycles. The fraction of sp³-hybridized carbons (Fsp3) is 0.478. The van der Waals surface area contributed by atoms with Gasteiger partial charge in [-0.3, -0.25) is 9.78 Å². The first-order valence-electron chi connectivity index (χ1n) is 10.4. The zero-order chi connectivity index (χ0) is 21.2. The quantitative estimate of drug-likeness (QED) is 0.577. The molecule has 1 unspecified atom stereocenters. The largest absolute Gasteiger partial charge is 0.491 e. The first-order chi connectivity index (χ1) is 14.6. The van der Waals surface area contributed by atoms with Crippen LogP contribution in [-0.2, 0) is 22.6 Å². The van der Waals surface area contributed by atoms with Crippen LogP contribution in [0.4, 0.5) is 0 Å². The van der Waals surface area contributed by atoms with Crippen molar-refractivity contribution in [2.75, 3.05) is 33.4 Å². The first kappa shape index (κ1) is 22.2. The van der Waals surface area contributed by atoms with Crippen molar-refractivity contribution in [2.24, 2.45) is 5.92 Å². The number of aliphatic hydroxyl groups excluding tert-OH is 1. The summed E-state index contributed by atoms with van der Waals surface area (Å²) in [7, 11) is 1.43. The minimum Gasteiger partial charge on any atom is -0.491 e. The second kappa shape index (κ2) is 11.6. The van der Waals surface area contributed by atoms with E-state index < -0.39 is 6.10 Å². The Bertz CT molecular complexity index is 779. The van der Waals surface area contributed by atoms with Crippen molar-refractivity contribution in [3.63, 3.8) is 0 Å². The van der Waals surface area contributed by atoms with Crippen LogP contribution in [0.3, 0.4) is 0 Å². The molecule has 30 heavy (non-hydrogen) atoms. The van der Waals surface area contributed by atoms with E-state index in [0.29, 0.717) is 6.54 Å². The molecule has 0 spiro atoms. The Labute approximate surface area is 178 Å². The van der Waals surface area contributed by atoms with E-state index in [-0.39, 0.29) is 18.5 Å². The van der Waals surface area contributed by atoms with Crippen LogP contribution < -0.4 is 10.1 Å². The van der Waals surface area contributed by atoms with E-state index in [9.17, 15) is 9.90 Å². The van der Waals surface area contributed by atoms with E-state index in [2.05, 4.69) is 15.2 Å². The van der Waals surface area contributed by atoms with Crippen molar-refractivity contribution >= 4 is 5.97 Å². The van der Waals surface area contributed by atoms with Crippen molar-refractivity contribution < 1.29 is 19.4 Å². The van der Waals surface area contributed by atoms with Gasteiger partial charge in [-0.1, -0.05) is 18.2 Å². The van der Waals surface area contributed by atoms with Crippen molar-refractivity contribution in [1.29, 1.82) is 0 Å². The van der Waals surface area contributed by atoms with Crippen LogP contribution in [0, 0.1) is 5.92 Å². The third kappa shape index (κ3) is 7.09. The number of carbonyl (C=O) groups excluding carboxylic acids is 1. The summed E-state index contributed by atoms with van der Waals surface area (Å²) in [6, 6.07) is 11.9. The third-order valence-electron chi connectivity index (χ3n) is 5.31. The summed E-state index contributed by atoms with van der Waals surface area (Å²) in [6.45, 7) is 3.83. The van der Waals surface area contributed by atoms with E-state index in [1.54, 1.807) is 6.20 Å². The highest BCUT2D eigenvalue weighted by atomic mass is 16.5. The highest BCUT2D eigenvalue weighted by Crippen LogP contribution is 2.19. The van der Waals surface area contributed by atoms with E-state index >= 15 is 0 Å². The van der Waals surface area contributed by atoms with Crippen molar-refractivity contribution in [2.45, 2.75) is 32.0 Å². The maximum atomic E-state index is 11.6. The summed E-state index contributed by atoms with van der Waals surface area (Å²) in [5.74, 6) is 0.599. The molecule has 1 saturated heterocycles. The number of hydrogen-bond acceptors (Lipinski definition) is 7.